The molecule has 0 bridgehead atoms. The first-order valence-electron chi connectivity index (χ1n) is 49.1. The van der Waals surface area contributed by atoms with E-state index in [0.29, 0.717) is 0 Å². The summed E-state index contributed by atoms with van der Waals surface area (Å²) in [6.07, 6.45) is 0. The molecular formula is C80H52. The maximum Gasteiger partial charge on any atom is 0.0636 e. The van der Waals surface area contributed by atoms with Gasteiger partial charge in [0, 0.05) is 0 Å². The van der Waals surface area contributed by atoms with Crippen LogP contribution in [-0.4, -0.2) is 0 Å². The molecule has 0 spiro atoms. The molecule has 372 valence electrons. The van der Waals surface area contributed by atoms with Crippen LogP contribution in [0.25, 0.3) is 153 Å². The summed E-state index contributed by atoms with van der Waals surface area (Å²) >= 11 is 0. The Labute approximate surface area is 537 Å². The van der Waals surface area contributed by atoms with Crippen LogP contribution in [0, 0.1) is 0 Å². The minimum atomic E-state index is -1.07. The lowest BCUT2D eigenvalue weighted by Gasteiger charge is -2.19. The third-order valence-electron chi connectivity index (χ3n) is 12.8. The highest BCUT2D eigenvalue weighted by Gasteiger charge is 2.20. The summed E-state index contributed by atoms with van der Waals surface area (Å²) < 4.78 is 452. The zero-order chi connectivity index (χ0) is 97.3. The molecule has 0 aliphatic heterocycles. The van der Waals surface area contributed by atoms with Gasteiger partial charge in [0.1, 0.15) is 0 Å². The van der Waals surface area contributed by atoms with Gasteiger partial charge in [0.2, 0.25) is 0 Å². The number of hydrogen-bond donors (Lipinski definition) is 0. The molecular weight excluding hydrogens is 961 g/mol. The first-order chi connectivity index (χ1) is 60.9. The summed E-state index contributed by atoms with van der Waals surface area (Å²) in [4.78, 5) is 0. The lowest BCUT2D eigenvalue weighted by molar-refractivity contribution is 1.63. The average Bonchev–Trinajstić information content (AvgIpc) is 0.684. The largest absolute Gasteiger partial charge is 0.0636 e. The van der Waals surface area contributed by atoms with Crippen LogP contribution in [0.2, 0.25) is 0 Å². The topological polar surface area (TPSA) is 0 Å². The Morgan fingerprint density at radius 3 is 0.950 bits per heavy atom. The average molecular weight is 1060 g/mol. The molecule has 16 aromatic rings. The zero-order valence-electron chi connectivity index (χ0n) is 91.1. The van der Waals surface area contributed by atoms with E-state index in [2.05, 4.69) is 0 Å². The van der Waals surface area contributed by atoms with Crippen molar-refractivity contribution in [1.29, 1.82) is 0 Å². The van der Waals surface area contributed by atoms with Crippen molar-refractivity contribution < 1.29 is 69.9 Å². The van der Waals surface area contributed by atoms with E-state index in [0.717, 1.165) is 6.07 Å². The van der Waals surface area contributed by atoms with Crippen LogP contribution >= 0.6 is 0 Å². The van der Waals surface area contributed by atoms with Gasteiger partial charge in [-0.05, 0) is 165 Å². The molecule has 0 fully saturated rings. The van der Waals surface area contributed by atoms with Gasteiger partial charge < -0.3 is 0 Å². The van der Waals surface area contributed by atoms with E-state index in [1.54, 1.807) is 0 Å². The molecule has 0 aromatic heterocycles. The fourth-order valence-corrected chi connectivity index (χ4v) is 9.38. The number of hydrogen-bond acceptors (Lipinski definition) is 0. The Bertz CT molecular complexity index is 7980. The fourth-order valence-electron chi connectivity index (χ4n) is 9.38. The molecule has 16 aromatic carbocycles. The van der Waals surface area contributed by atoms with E-state index in [4.69, 9.17) is 48.0 Å². The van der Waals surface area contributed by atoms with Crippen molar-refractivity contribution >= 4 is 86.2 Å². The van der Waals surface area contributed by atoms with Gasteiger partial charge in [0.25, 0.3) is 0 Å². The van der Waals surface area contributed by atoms with Crippen molar-refractivity contribution in [1.82, 2.24) is 0 Å². The van der Waals surface area contributed by atoms with Gasteiger partial charge >= 0.3 is 0 Å². The Morgan fingerprint density at radius 2 is 0.487 bits per heavy atom. The van der Waals surface area contributed by atoms with Crippen molar-refractivity contribution in [2.45, 2.75) is 0 Å². The maximum atomic E-state index is 9.74. The zero-order valence-corrected chi connectivity index (χ0v) is 40.1. The lowest BCUT2D eigenvalue weighted by atomic mass is 9.84. The molecule has 80 heavy (non-hydrogen) atoms. The van der Waals surface area contributed by atoms with Crippen LogP contribution in [-0.2, 0) is 0 Å². The first kappa shape index (κ1) is 18.1. The molecule has 0 heteroatoms. The van der Waals surface area contributed by atoms with E-state index in [1.165, 1.54) is 0 Å². The molecule has 0 saturated heterocycles. The van der Waals surface area contributed by atoms with Crippen LogP contribution in [0.15, 0.2) is 314 Å². The van der Waals surface area contributed by atoms with Crippen LogP contribution < -0.4 is 0 Å². The van der Waals surface area contributed by atoms with Crippen LogP contribution in [0.4, 0.5) is 0 Å². The fraction of sp³-hybridized carbons (Fsp3) is 0. The highest BCUT2D eigenvalue weighted by Crippen LogP contribution is 2.48. The van der Waals surface area contributed by atoms with Crippen LogP contribution in [0.3, 0.4) is 0 Å². The van der Waals surface area contributed by atoms with E-state index in [1.807, 2.05) is 0 Å². The Balaban J connectivity index is 0.000000201. The van der Waals surface area contributed by atoms with E-state index < -0.39 is 461 Å². The Hall–Kier alpha value is -10.4. The summed E-state index contributed by atoms with van der Waals surface area (Å²) in [6, 6.07) is -45.1. The summed E-state index contributed by atoms with van der Waals surface area (Å²) in [5, 5.41) is -10.2. The normalized spacial score (nSPS) is 20.4. The van der Waals surface area contributed by atoms with Gasteiger partial charge in [-0.3, -0.25) is 0 Å². The quantitative estimate of drug-likeness (QED) is 0.146. The van der Waals surface area contributed by atoms with Crippen molar-refractivity contribution in [2.24, 2.45) is 0 Å². The molecule has 0 N–H and O–H groups in total. The molecule has 0 aliphatic rings. The second-order valence-corrected chi connectivity index (χ2v) is 17.1. The predicted molar refractivity (Wildman–Crippen MR) is 346 cm³/mol. The lowest BCUT2D eigenvalue weighted by Crippen LogP contribution is -1.92. The second kappa shape index (κ2) is 19.9. The molecule has 0 unspecified atom stereocenters. The molecule has 16 rings (SSSR count). The van der Waals surface area contributed by atoms with Gasteiger partial charge in [0.05, 0.1) is 69.9 Å². The summed E-state index contributed by atoms with van der Waals surface area (Å²) in [5.41, 5.74) is -8.44. The highest BCUT2D eigenvalue weighted by atomic mass is 14.2. The molecule has 0 atom stereocenters. The molecule has 0 radical (unpaired) electrons. The van der Waals surface area contributed by atoms with Gasteiger partial charge in [-0.25, -0.2) is 0 Å². The third-order valence-corrected chi connectivity index (χ3v) is 12.8. The number of rotatable bonds is 6. The van der Waals surface area contributed by atoms with Crippen LogP contribution in [0.5, 0.6) is 0 Å². The third kappa shape index (κ3) is 8.08. The van der Waals surface area contributed by atoms with Gasteiger partial charge in [-0.2, -0.15) is 0 Å². The first-order valence-corrected chi connectivity index (χ1v) is 23.6. The monoisotopic (exact) mass is 1060 g/mol. The van der Waals surface area contributed by atoms with Crippen molar-refractivity contribution in [3.8, 4) is 66.8 Å². The summed E-state index contributed by atoms with van der Waals surface area (Å²) in [7, 11) is 0. The Morgan fingerprint density at radius 1 is 0.163 bits per heavy atom. The van der Waals surface area contributed by atoms with Crippen molar-refractivity contribution in [3.05, 3.63) is 314 Å². The molecule has 0 heterocycles. The minimum Gasteiger partial charge on any atom is -0.0616 e. The predicted octanol–water partition coefficient (Wildman–Crippen LogP) is 22.6. The van der Waals surface area contributed by atoms with E-state index >= 15 is 0 Å². The van der Waals surface area contributed by atoms with Crippen molar-refractivity contribution in [3.63, 3.8) is 0 Å². The SMILES string of the molecule is [2H]c1c([2H])c(-c2c3c([2H])c([2H])c([2H])c([2H])c3c(-c3c([2H])c([2H])c([2H])c4c([2H])c([2H])c([2H])c([2H])c34)c3c([2H])c([2H])c([2H])c([2H])c23)c([2H])c([2H])c1-c1c([2H])c([2H])c2c([2H])c([2H])c([2H])c([2H])c2c1[2H].[2H]c1cc(-c2c([2H])c([2H])c([2H])c3c([2H])c([2H])c([2H])c([2H])c23)c([2H])c(-c2c3c([2H])c([2H])c([2H])c([2H])c3c(-c3c([2H])c([2H])c([2H])c4c([2H])c([2H])c([2H])c([2H])c34)c3c([2H])c([2H])c([2H])c([2H])c23)c1[2H]. The summed E-state index contributed by atoms with van der Waals surface area (Å²) in [5.74, 6) is 0. The number of fused-ring (bicyclic) bond motifs is 8. The van der Waals surface area contributed by atoms with Gasteiger partial charge in [-0.1, -0.05) is 302 Å². The second-order valence-electron chi connectivity index (χ2n) is 17.1. The van der Waals surface area contributed by atoms with Crippen molar-refractivity contribution in [2.75, 3.05) is 0 Å². The minimum absolute atomic E-state index is 0.518. The van der Waals surface area contributed by atoms with Crippen LogP contribution in [0.1, 0.15) is 69.9 Å². The maximum absolute atomic E-state index is 9.74. The van der Waals surface area contributed by atoms with E-state index in [-0.39, 0.29) is 0 Å². The molecule has 0 aliphatic carbocycles. The molecule has 0 nitrogen and oxygen atoms in total. The smallest absolute Gasteiger partial charge is 0.0616 e. The van der Waals surface area contributed by atoms with E-state index in [9.17, 15) is 21.9 Å². The van der Waals surface area contributed by atoms with Gasteiger partial charge in [-0.15, -0.1) is 0 Å². The molecule has 0 amide bonds. The number of benzene rings is 16. The van der Waals surface area contributed by atoms with Gasteiger partial charge in [0.15, 0.2) is 0 Å². The molecule has 0 saturated carbocycles. The standard InChI is InChI=1S/2C40H26/c1-3-18-31-27(12-1)14-10-24-33(31)29-16-9-17-30(26-29)39-35-20-5-7-22-37(35)40(38-23-8-6-21-36(38)39)34-25-11-15-28-13-2-4-19-32(28)34;1-2-12-31-26-32(25-22-27(31)10-1)28-20-23-30(24-21-28)39-35-15-5-7-17-37(35)40(38-18-8-6-16-36(38)39)34-19-9-13-29-11-3-4-14-33(29)34/h2*1-26H/i1D,2D,3D,4D,5D,6D,7D,8D,9D,10D,11D,12D,13D,14D,15D,17D,18D,19D,20D,21D,22D,23D,24D,25D,26D;1D,2D,3D,4D,5D,6D,7D,8D,9D,10D,11D,12D,13D,14D,15D,16D,17D,18D,19D,20D,21D,22D,23D,24D,25D,26D. The summed E-state index contributed by atoms with van der Waals surface area (Å²) in [6.45, 7) is 0. The highest BCUT2D eigenvalue weighted by molar-refractivity contribution is 6.25. The Kier molecular flexibility index (Phi) is 4.49.